The van der Waals surface area contributed by atoms with Crippen molar-refractivity contribution in [2.45, 2.75) is 44.9 Å². The zero-order chi connectivity index (χ0) is 20.3. The zero-order valence-corrected chi connectivity index (χ0v) is 17.7. The minimum absolute atomic E-state index is 0.140. The van der Waals surface area contributed by atoms with E-state index in [1.54, 1.807) is 6.07 Å². The van der Waals surface area contributed by atoms with E-state index < -0.39 is 0 Å². The Morgan fingerprint density at radius 3 is 2.55 bits per heavy atom. The van der Waals surface area contributed by atoms with Crippen LogP contribution in [-0.4, -0.2) is 48.8 Å². The predicted molar refractivity (Wildman–Crippen MR) is 112 cm³/mol. The fourth-order valence-electron chi connectivity index (χ4n) is 6.10. The van der Waals surface area contributed by atoms with Crippen LogP contribution in [0.3, 0.4) is 0 Å². The van der Waals surface area contributed by atoms with Gasteiger partial charge in [-0.1, -0.05) is 11.6 Å². The van der Waals surface area contributed by atoms with Crippen molar-refractivity contribution in [2.75, 3.05) is 32.8 Å². The monoisotopic (exact) mass is 421 g/mol. The summed E-state index contributed by atoms with van der Waals surface area (Å²) in [7, 11) is 0. The molecule has 6 nitrogen and oxygen atoms in total. The summed E-state index contributed by atoms with van der Waals surface area (Å²) in [6, 6.07) is 1.63. The molecule has 4 bridgehead atoms. The lowest BCUT2D eigenvalue weighted by Crippen LogP contribution is -2.51. The first-order valence-electron chi connectivity index (χ1n) is 10.9. The molecule has 7 heteroatoms. The Morgan fingerprint density at radius 1 is 1.21 bits per heavy atom. The average molecular weight is 422 g/mol. The maximum absolute atomic E-state index is 12.8. The van der Waals surface area contributed by atoms with Gasteiger partial charge in [-0.05, 0) is 74.7 Å². The number of amides is 1. The van der Waals surface area contributed by atoms with Crippen molar-refractivity contribution >= 4 is 17.5 Å². The number of aromatic nitrogens is 1. The fraction of sp³-hybridized carbons (Fsp3) is 0.727. The predicted octanol–water partition coefficient (Wildman–Crippen LogP) is 3.03. The quantitative estimate of drug-likeness (QED) is 0.506. The first-order valence-corrected chi connectivity index (χ1v) is 11.3. The molecule has 1 aromatic heterocycles. The number of rotatable bonds is 10. The maximum Gasteiger partial charge on any atom is 0.253 e. The van der Waals surface area contributed by atoms with Gasteiger partial charge < -0.3 is 20.5 Å². The van der Waals surface area contributed by atoms with Crippen LogP contribution in [0.15, 0.2) is 12.3 Å². The van der Waals surface area contributed by atoms with Crippen LogP contribution in [0.2, 0.25) is 5.02 Å². The highest BCUT2D eigenvalue weighted by Gasteiger charge is 2.50. The summed E-state index contributed by atoms with van der Waals surface area (Å²) in [6.07, 6.45) is 10.2. The maximum atomic E-state index is 12.8. The van der Waals surface area contributed by atoms with E-state index in [-0.39, 0.29) is 12.5 Å². The van der Waals surface area contributed by atoms with Crippen LogP contribution in [-0.2, 0) is 0 Å². The van der Waals surface area contributed by atoms with E-state index in [2.05, 4.69) is 15.6 Å². The Kier molecular flexibility index (Phi) is 6.62. The molecule has 1 amide bonds. The summed E-state index contributed by atoms with van der Waals surface area (Å²) in [4.78, 5) is 17.0. The van der Waals surface area contributed by atoms with E-state index in [1.165, 1.54) is 44.7 Å². The SMILES string of the molecule is O=C(NCC12CC3CC(CC(C3)C1)C2)c1cc(OCCNCCCO)ncc1Cl. The number of aliphatic hydroxyl groups is 1. The second-order valence-corrected chi connectivity index (χ2v) is 9.69. The van der Waals surface area contributed by atoms with Crippen LogP contribution in [0.1, 0.15) is 55.3 Å². The van der Waals surface area contributed by atoms with Crippen molar-refractivity contribution in [3.63, 3.8) is 0 Å². The van der Waals surface area contributed by atoms with Gasteiger partial charge in [0.1, 0.15) is 6.61 Å². The van der Waals surface area contributed by atoms with E-state index in [9.17, 15) is 4.79 Å². The molecular weight excluding hydrogens is 390 g/mol. The van der Waals surface area contributed by atoms with Crippen LogP contribution in [0.4, 0.5) is 0 Å². The molecule has 0 atom stereocenters. The number of halogens is 1. The minimum atomic E-state index is -0.140. The third-order valence-corrected chi connectivity index (χ3v) is 7.21. The first kappa shape index (κ1) is 20.9. The van der Waals surface area contributed by atoms with Crippen LogP contribution < -0.4 is 15.4 Å². The highest BCUT2D eigenvalue weighted by atomic mass is 35.5. The summed E-state index contributed by atoms with van der Waals surface area (Å²) < 4.78 is 5.64. The summed E-state index contributed by atoms with van der Waals surface area (Å²) >= 11 is 6.25. The van der Waals surface area contributed by atoms with E-state index in [1.807, 2.05) is 0 Å². The standard InChI is InChI=1S/C22H32ClN3O3/c23-19-13-25-20(29-5-3-24-2-1-4-27)9-18(19)21(28)26-14-22-10-15-6-16(11-22)8-17(7-15)12-22/h9,13,15-17,24,27H,1-8,10-12,14H2,(H,26,28). The molecule has 0 radical (unpaired) electrons. The minimum Gasteiger partial charge on any atom is -0.476 e. The fourth-order valence-corrected chi connectivity index (χ4v) is 6.29. The van der Waals surface area contributed by atoms with Gasteiger partial charge in [-0.3, -0.25) is 4.79 Å². The van der Waals surface area contributed by atoms with Gasteiger partial charge in [0.25, 0.3) is 5.91 Å². The Labute approximate surface area is 177 Å². The molecule has 29 heavy (non-hydrogen) atoms. The number of aliphatic hydroxyl groups excluding tert-OH is 1. The summed E-state index contributed by atoms with van der Waals surface area (Å²) in [6.45, 7) is 2.76. The van der Waals surface area contributed by atoms with Crippen molar-refractivity contribution in [3.8, 4) is 5.88 Å². The Morgan fingerprint density at radius 2 is 1.90 bits per heavy atom. The van der Waals surface area contributed by atoms with Gasteiger partial charge in [0.2, 0.25) is 5.88 Å². The average Bonchev–Trinajstić information content (AvgIpc) is 2.69. The van der Waals surface area contributed by atoms with Gasteiger partial charge in [-0.25, -0.2) is 4.98 Å². The lowest BCUT2D eigenvalue weighted by Gasteiger charge is -2.56. The number of nitrogens with one attached hydrogen (secondary N) is 2. The largest absolute Gasteiger partial charge is 0.476 e. The third-order valence-electron chi connectivity index (χ3n) is 6.90. The van der Waals surface area contributed by atoms with Crippen molar-refractivity contribution < 1.29 is 14.6 Å². The van der Waals surface area contributed by atoms with E-state index >= 15 is 0 Å². The lowest BCUT2D eigenvalue weighted by molar-refractivity contribution is -0.0503. The Bertz CT molecular complexity index is 692. The summed E-state index contributed by atoms with van der Waals surface area (Å²) in [5, 5.41) is 15.5. The molecule has 160 valence electrons. The first-order chi connectivity index (χ1) is 14.1. The smallest absolute Gasteiger partial charge is 0.253 e. The van der Waals surface area contributed by atoms with Crippen molar-refractivity contribution in [3.05, 3.63) is 22.8 Å². The van der Waals surface area contributed by atoms with Gasteiger partial charge >= 0.3 is 0 Å². The summed E-state index contributed by atoms with van der Waals surface area (Å²) in [5.74, 6) is 2.87. The van der Waals surface area contributed by atoms with Gasteiger partial charge in [0, 0.05) is 25.8 Å². The van der Waals surface area contributed by atoms with Gasteiger partial charge in [-0.2, -0.15) is 0 Å². The van der Waals surface area contributed by atoms with Crippen LogP contribution >= 0.6 is 11.6 Å². The van der Waals surface area contributed by atoms with Crippen molar-refractivity contribution in [2.24, 2.45) is 23.2 Å². The van der Waals surface area contributed by atoms with Gasteiger partial charge in [0.15, 0.2) is 0 Å². The molecule has 5 rings (SSSR count). The van der Waals surface area contributed by atoms with E-state index in [0.717, 1.165) is 30.8 Å². The number of carbonyl (C=O) groups is 1. The van der Waals surface area contributed by atoms with Crippen molar-refractivity contribution in [1.29, 1.82) is 0 Å². The van der Waals surface area contributed by atoms with Gasteiger partial charge in [0.05, 0.1) is 16.8 Å². The Balaban J connectivity index is 1.30. The molecule has 0 aliphatic heterocycles. The van der Waals surface area contributed by atoms with Crippen LogP contribution in [0, 0.1) is 23.2 Å². The zero-order valence-electron chi connectivity index (χ0n) is 17.0. The molecule has 0 saturated heterocycles. The molecule has 0 spiro atoms. The van der Waals surface area contributed by atoms with Crippen molar-refractivity contribution in [1.82, 2.24) is 15.6 Å². The molecule has 4 saturated carbocycles. The highest BCUT2D eigenvalue weighted by Crippen LogP contribution is 2.59. The number of pyridine rings is 1. The number of hydrogen-bond donors (Lipinski definition) is 3. The third kappa shape index (κ3) is 5.04. The number of nitrogens with zero attached hydrogens (tertiary/aromatic N) is 1. The second-order valence-electron chi connectivity index (χ2n) is 9.28. The Hall–Kier alpha value is -1.37. The number of ether oxygens (including phenoxy) is 1. The highest BCUT2D eigenvalue weighted by molar-refractivity contribution is 6.33. The topological polar surface area (TPSA) is 83.5 Å². The molecule has 0 unspecified atom stereocenters. The van der Waals surface area contributed by atoms with Gasteiger partial charge in [-0.15, -0.1) is 0 Å². The van der Waals surface area contributed by atoms with E-state index in [4.69, 9.17) is 21.4 Å². The molecule has 4 aliphatic rings. The molecule has 0 aromatic carbocycles. The normalized spacial score (nSPS) is 29.8. The molecule has 1 aromatic rings. The summed E-state index contributed by atoms with van der Waals surface area (Å²) in [5.41, 5.74) is 0.721. The molecule has 4 aliphatic carbocycles. The molecule has 3 N–H and O–H groups in total. The molecular formula is C22H32ClN3O3. The molecule has 1 heterocycles. The second kappa shape index (κ2) is 9.19. The molecule has 4 fully saturated rings. The number of hydrogen-bond acceptors (Lipinski definition) is 5. The lowest BCUT2D eigenvalue weighted by atomic mass is 9.49. The number of carbonyl (C=O) groups excluding carboxylic acids is 1. The van der Waals surface area contributed by atoms with E-state index in [0.29, 0.717) is 41.5 Å². The van der Waals surface area contributed by atoms with Crippen LogP contribution in [0.5, 0.6) is 5.88 Å². The van der Waals surface area contributed by atoms with Crippen LogP contribution in [0.25, 0.3) is 0 Å².